The summed E-state index contributed by atoms with van der Waals surface area (Å²) in [5.41, 5.74) is 5.99. The van der Waals surface area contributed by atoms with Gasteiger partial charge in [0, 0.05) is 0 Å². The molecular weight excluding hydrogens is 703 g/mol. The Bertz CT molecular complexity index is 2080. The van der Waals surface area contributed by atoms with Crippen LogP contribution in [-0.4, -0.2) is 23.8 Å². The Hall–Kier alpha value is -4.15. The number of hydrogen-bond acceptors (Lipinski definition) is 6. The SMILES string of the molecule is CC1(C)c2cc(cc3c2oc2ccccc23)Oc2cccc(c2)CN2[C]3=[Pt]=[C]4N1C=CN4C(C)(C)N3c1ccccc12. The predicted octanol–water partition coefficient (Wildman–Crippen LogP) is 7.55. The van der Waals surface area contributed by atoms with Crippen LogP contribution < -0.4 is 14.5 Å². The van der Waals surface area contributed by atoms with Crippen molar-refractivity contribution in [2.45, 2.75) is 45.4 Å². The Morgan fingerprint density at radius 2 is 1.50 bits per heavy atom. The summed E-state index contributed by atoms with van der Waals surface area (Å²) in [6.07, 6.45) is 4.54. The molecule has 0 atom stereocenters. The summed E-state index contributed by atoms with van der Waals surface area (Å²) in [6.45, 7) is 10.1. The van der Waals surface area contributed by atoms with Crippen LogP contribution in [0, 0.1) is 0 Å². The first-order valence-corrected chi connectivity index (χ1v) is 16.6. The number of rotatable bonds is 0. The molecule has 5 aromatic rings. The average molecular weight is 734 g/mol. The molecule has 7 heteroatoms. The third kappa shape index (κ3) is 3.19. The van der Waals surface area contributed by atoms with Gasteiger partial charge in [-0.25, -0.2) is 0 Å². The van der Waals surface area contributed by atoms with Crippen molar-refractivity contribution in [1.29, 1.82) is 0 Å². The average Bonchev–Trinajstić information content (AvgIpc) is 3.66. The molecule has 0 N–H and O–H groups in total. The van der Waals surface area contributed by atoms with Gasteiger partial charge in [-0.3, -0.25) is 0 Å². The Labute approximate surface area is 252 Å². The van der Waals surface area contributed by atoms with Crippen LogP contribution in [0.2, 0.25) is 0 Å². The zero-order valence-electron chi connectivity index (χ0n) is 23.9. The van der Waals surface area contributed by atoms with Crippen LogP contribution in [0.1, 0.15) is 38.8 Å². The molecule has 4 aliphatic heterocycles. The monoisotopic (exact) mass is 733 g/mol. The van der Waals surface area contributed by atoms with E-state index in [-0.39, 0.29) is 5.66 Å². The maximum absolute atomic E-state index is 6.65. The molecule has 6 nitrogen and oxygen atoms in total. The normalized spacial score (nSPS) is 19.6. The summed E-state index contributed by atoms with van der Waals surface area (Å²) in [7, 11) is 0. The quantitative estimate of drug-likeness (QED) is 0.164. The number of benzene rings is 4. The predicted molar refractivity (Wildman–Crippen MR) is 165 cm³/mol. The van der Waals surface area contributed by atoms with E-state index in [2.05, 4.69) is 139 Å². The van der Waals surface area contributed by atoms with E-state index in [1.54, 1.807) is 0 Å². The van der Waals surface area contributed by atoms with E-state index in [0.717, 1.165) is 45.5 Å². The Morgan fingerprint density at radius 1 is 0.714 bits per heavy atom. The number of nitrogens with zero attached hydrogens (tertiary/aromatic N) is 4. The molecule has 212 valence electrons. The van der Waals surface area contributed by atoms with E-state index in [9.17, 15) is 0 Å². The number of para-hydroxylation sites is 3. The van der Waals surface area contributed by atoms with Gasteiger partial charge in [0.25, 0.3) is 0 Å². The molecule has 0 saturated carbocycles. The van der Waals surface area contributed by atoms with E-state index < -0.39 is 23.2 Å². The minimum atomic E-state index is -0.576. The first-order valence-electron chi connectivity index (χ1n) is 14.3. The van der Waals surface area contributed by atoms with Gasteiger partial charge in [0.2, 0.25) is 0 Å². The van der Waals surface area contributed by atoms with Gasteiger partial charge in [0.15, 0.2) is 0 Å². The van der Waals surface area contributed by atoms with Gasteiger partial charge in [0.1, 0.15) is 0 Å². The van der Waals surface area contributed by atoms with Crippen LogP contribution in [0.4, 0.5) is 11.4 Å². The molecule has 4 aliphatic rings. The van der Waals surface area contributed by atoms with Crippen LogP contribution in [0.5, 0.6) is 11.5 Å². The molecule has 5 heterocycles. The van der Waals surface area contributed by atoms with E-state index in [4.69, 9.17) is 9.15 Å². The molecule has 9 rings (SSSR count). The Morgan fingerprint density at radius 3 is 2.38 bits per heavy atom. The number of anilines is 2. The fourth-order valence-electron chi connectivity index (χ4n) is 6.78. The zero-order valence-corrected chi connectivity index (χ0v) is 26.1. The van der Waals surface area contributed by atoms with Crippen LogP contribution in [0.15, 0.2) is 102 Å². The number of ether oxygens (including phenoxy) is 1. The van der Waals surface area contributed by atoms with Crippen molar-refractivity contribution in [1.82, 2.24) is 9.80 Å². The van der Waals surface area contributed by atoms with Crippen molar-refractivity contribution >= 4 is 41.6 Å². The summed E-state index contributed by atoms with van der Waals surface area (Å²) in [5.74, 6) is 1.66. The topological polar surface area (TPSA) is 35.3 Å². The molecule has 42 heavy (non-hydrogen) atoms. The molecule has 0 radical (unpaired) electrons. The number of fused-ring (bicyclic) bond motifs is 11. The standard InChI is InChI=1S/C35H30N4O2.Pt/c1-34(2)29-20-26(19-28-27-12-5-8-15-32(27)41-33(28)29)40-25-11-9-10-24(18-25)21-36-22-39(31-14-7-6-13-30(31)36)35(3,4)38-17-16-37(34)23-38;/h5-20H,21H2,1-4H3;. The molecular formula is C35H30N4O2Pt. The fourth-order valence-corrected chi connectivity index (χ4v) is 11.3. The second kappa shape index (κ2) is 8.23. The molecule has 0 aliphatic carbocycles. The summed E-state index contributed by atoms with van der Waals surface area (Å²) in [4.78, 5) is 10.1. The third-order valence-corrected chi connectivity index (χ3v) is 12.2. The van der Waals surface area contributed by atoms with Gasteiger partial charge < -0.3 is 0 Å². The summed E-state index contributed by atoms with van der Waals surface area (Å²) in [6, 6.07) is 30.0. The zero-order chi connectivity index (χ0) is 28.4. The van der Waals surface area contributed by atoms with E-state index in [1.807, 2.05) is 6.07 Å². The van der Waals surface area contributed by atoms with Gasteiger partial charge >= 0.3 is 253 Å². The molecule has 1 aromatic heterocycles. The summed E-state index contributed by atoms with van der Waals surface area (Å²) >= 11 is -0.576. The van der Waals surface area contributed by atoms with Gasteiger partial charge in [-0.2, -0.15) is 0 Å². The van der Waals surface area contributed by atoms with Crippen molar-refractivity contribution in [2.24, 2.45) is 0 Å². The first-order chi connectivity index (χ1) is 20.3. The molecule has 0 spiro atoms. The number of furan rings is 1. The minimum absolute atomic E-state index is 0.284. The van der Waals surface area contributed by atoms with Crippen LogP contribution in [0.3, 0.4) is 0 Å². The molecule has 0 saturated heterocycles. The Kier molecular flexibility index (Phi) is 4.79. The van der Waals surface area contributed by atoms with E-state index in [1.165, 1.54) is 25.2 Å². The van der Waals surface area contributed by atoms with Crippen molar-refractivity contribution in [2.75, 3.05) is 9.80 Å². The maximum atomic E-state index is 6.65. The van der Waals surface area contributed by atoms with Crippen molar-refractivity contribution in [3.63, 3.8) is 0 Å². The fraction of sp³-hybridized carbons (Fsp3) is 0.200. The van der Waals surface area contributed by atoms with Gasteiger partial charge in [0.05, 0.1) is 0 Å². The van der Waals surface area contributed by atoms with Gasteiger partial charge in [-0.05, 0) is 0 Å². The van der Waals surface area contributed by atoms with Crippen molar-refractivity contribution in [3.05, 3.63) is 108 Å². The summed E-state index contributed by atoms with van der Waals surface area (Å²) in [5, 5.41) is 2.18. The first kappa shape index (κ1) is 24.4. The van der Waals surface area contributed by atoms with E-state index in [0.29, 0.717) is 0 Å². The molecule has 0 amide bonds. The molecule has 0 fully saturated rings. The number of hydrogen-bond donors (Lipinski definition) is 0. The molecule has 0 unspecified atom stereocenters. The summed E-state index contributed by atoms with van der Waals surface area (Å²) < 4.78 is 16.0. The molecule has 4 aromatic carbocycles. The second-order valence-corrected chi connectivity index (χ2v) is 14.9. The molecule has 6 bridgehead atoms. The Balaban J connectivity index is 1.37. The van der Waals surface area contributed by atoms with Crippen molar-refractivity contribution in [3.8, 4) is 11.5 Å². The van der Waals surface area contributed by atoms with Crippen molar-refractivity contribution < 1.29 is 26.8 Å². The van der Waals surface area contributed by atoms with Gasteiger partial charge in [-0.1, -0.05) is 0 Å². The third-order valence-electron chi connectivity index (χ3n) is 8.99. The van der Waals surface area contributed by atoms with E-state index >= 15 is 0 Å². The van der Waals surface area contributed by atoms with Crippen LogP contribution in [0.25, 0.3) is 21.9 Å². The van der Waals surface area contributed by atoms with Gasteiger partial charge in [-0.15, -0.1) is 0 Å². The van der Waals surface area contributed by atoms with Crippen LogP contribution in [-0.2, 0) is 29.7 Å². The van der Waals surface area contributed by atoms with Crippen LogP contribution >= 0.6 is 0 Å². The second-order valence-electron chi connectivity index (χ2n) is 12.3.